The van der Waals surface area contributed by atoms with Crippen LogP contribution in [-0.2, 0) is 17.4 Å². The normalized spacial score (nSPS) is 11.6. The largest absolute Gasteiger partial charge is 0.417 e. The maximum atomic E-state index is 14.6. The number of halogens is 5. The summed E-state index contributed by atoms with van der Waals surface area (Å²) in [5.41, 5.74) is 1.05. The number of anilines is 1. The molecule has 0 aliphatic rings. The number of amides is 1. The minimum absolute atomic E-state index is 0.0560. The summed E-state index contributed by atoms with van der Waals surface area (Å²) < 4.78 is 52.3. The molecular weight excluding hydrogens is 436 g/mol. The van der Waals surface area contributed by atoms with E-state index in [1.165, 1.54) is 12.1 Å². The molecule has 1 amide bonds. The van der Waals surface area contributed by atoms with Gasteiger partial charge in [-0.2, -0.15) is 13.2 Å². The zero-order valence-corrected chi connectivity index (χ0v) is 16.4. The van der Waals surface area contributed by atoms with E-state index in [1.54, 1.807) is 18.3 Å². The Balaban J connectivity index is 1.47. The Morgan fingerprint density at radius 3 is 2.52 bits per heavy atom. The number of H-pyrrole nitrogens is 1. The van der Waals surface area contributed by atoms with Crippen molar-refractivity contribution in [2.24, 2.45) is 0 Å². The molecule has 10 heteroatoms. The average Bonchev–Trinajstić information content (AvgIpc) is 3.08. The number of aromatic nitrogens is 3. The molecule has 0 aliphatic heterocycles. The molecule has 5 nitrogen and oxygen atoms in total. The van der Waals surface area contributed by atoms with E-state index in [-0.39, 0.29) is 17.8 Å². The molecule has 3 heterocycles. The summed E-state index contributed by atoms with van der Waals surface area (Å²) >= 11 is 5.91. The lowest BCUT2D eigenvalue weighted by atomic mass is 10.0. The second-order valence-corrected chi connectivity index (χ2v) is 7.15. The van der Waals surface area contributed by atoms with Gasteiger partial charge in [0.2, 0.25) is 5.91 Å². The zero-order chi connectivity index (χ0) is 22.2. The topological polar surface area (TPSA) is 70.7 Å². The monoisotopic (exact) mass is 448 g/mol. The van der Waals surface area contributed by atoms with Gasteiger partial charge in [0.1, 0.15) is 22.4 Å². The molecule has 0 aliphatic carbocycles. The van der Waals surface area contributed by atoms with Crippen LogP contribution in [0.5, 0.6) is 0 Å². The Labute approximate surface area is 178 Å². The lowest BCUT2D eigenvalue weighted by Gasteiger charge is -2.09. The van der Waals surface area contributed by atoms with Crippen LogP contribution in [0.2, 0.25) is 5.15 Å². The second-order valence-electron chi connectivity index (χ2n) is 6.74. The number of aromatic amines is 1. The van der Waals surface area contributed by atoms with Crippen molar-refractivity contribution in [3.63, 3.8) is 0 Å². The molecule has 0 fully saturated rings. The van der Waals surface area contributed by atoms with Gasteiger partial charge in [-0.05, 0) is 41.5 Å². The smallest absolute Gasteiger partial charge is 0.330 e. The molecule has 4 rings (SSSR count). The fourth-order valence-corrected chi connectivity index (χ4v) is 3.21. The highest BCUT2D eigenvalue weighted by Gasteiger charge is 2.30. The molecule has 0 atom stereocenters. The number of fused-ring (bicyclic) bond motifs is 1. The van der Waals surface area contributed by atoms with Crippen molar-refractivity contribution in [3.8, 4) is 11.1 Å². The van der Waals surface area contributed by atoms with E-state index in [2.05, 4.69) is 20.3 Å². The number of rotatable bonds is 4. The maximum Gasteiger partial charge on any atom is 0.417 e. The maximum absolute atomic E-state index is 14.6. The van der Waals surface area contributed by atoms with Crippen LogP contribution in [-0.4, -0.2) is 20.9 Å². The second kappa shape index (κ2) is 7.99. The van der Waals surface area contributed by atoms with Gasteiger partial charge in [0.15, 0.2) is 0 Å². The SMILES string of the molecule is O=C(Cc1ccc(-c2cnc3[nH]c(Cl)cc3c2)cc1F)Nc1ccc(C(F)(F)F)cn1. The van der Waals surface area contributed by atoms with Crippen molar-refractivity contribution in [2.75, 3.05) is 5.32 Å². The van der Waals surface area contributed by atoms with E-state index in [0.717, 1.165) is 17.5 Å². The van der Waals surface area contributed by atoms with Gasteiger partial charge >= 0.3 is 6.18 Å². The summed E-state index contributed by atoms with van der Waals surface area (Å²) in [6.45, 7) is 0. The fraction of sp³-hybridized carbons (Fsp3) is 0.0952. The predicted octanol–water partition coefficient (Wildman–Crippen LogP) is 5.62. The minimum atomic E-state index is -4.52. The van der Waals surface area contributed by atoms with Gasteiger partial charge in [-0.25, -0.2) is 14.4 Å². The van der Waals surface area contributed by atoms with Gasteiger partial charge in [0, 0.05) is 23.3 Å². The van der Waals surface area contributed by atoms with Crippen LogP contribution in [0.15, 0.2) is 54.9 Å². The number of hydrogen-bond donors (Lipinski definition) is 2. The molecule has 31 heavy (non-hydrogen) atoms. The van der Waals surface area contributed by atoms with Crippen LogP contribution in [0.4, 0.5) is 23.4 Å². The van der Waals surface area contributed by atoms with E-state index < -0.39 is 23.5 Å². The molecule has 1 aromatic carbocycles. The van der Waals surface area contributed by atoms with Gasteiger partial charge in [-0.15, -0.1) is 0 Å². The number of hydrogen-bond acceptors (Lipinski definition) is 3. The summed E-state index contributed by atoms with van der Waals surface area (Å²) in [4.78, 5) is 22.8. The van der Waals surface area contributed by atoms with E-state index >= 15 is 0 Å². The first-order valence-corrected chi connectivity index (χ1v) is 9.33. The molecule has 0 bridgehead atoms. The Morgan fingerprint density at radius 1 is 1.03 bits per heavy atom. The molecule has 0 radical (unpaired) electrons. The van der Waals surface area contributed by atoms with Gasteiger partial charge in [0.05, 0.1) is 12.0 Å². The lowest BCUT2D eigenvalue weighted by molar-refractivity contribution is -0.137. The number of carbonyl (C=O) groups excluding carboxylic acids is 1. The van der Waals surface area contributed by atoms with Crippen molar-refractivity contribution in [1.29, 1.82) is 0 Å². The predicted molar refractivity (Wildman–Crippen MR) is 108 cm³/mol. The first kappa shape index (κ1) is 20.8. The third-order valence-corrected chi connectivity index (χ3v) is 4.74. The summed E-state index contributed by atoms with van der Waals surface area (Å²) in [5, 5.41) is 3.57. The molecule has 0 spiro atoms. The van der Waals surface area contributed by atoms with Crippen LogP contribution >= 0.6 is 11.6 Å². The van der Waals surface area contributed by atoms with Crippen molar-refractivity contribution >= 4 is 34.4 Å². The van der Waals surface area contributed by atoms with Crippen molar-refractivity contribution in [2.45, 2.75) is 12.6 Å². The van der Waals surface area contributed by atoms with Crippen LogP contribution < -0.4 is 5.32 Å². The van der Waals surface area contributed by atoms with Gasteiger partial charge in [-0.3, -0.25) is 4.79 Å². The number of nitrogens with one attached hydrogen (secondary N) is 2. The summed E-state index contributed by atoms with van der Waals surface area (Å²) in [6.07, 6.45) is -2.63. The number of nitrogens with zero attached hydrogens (tertiary/aromatic N) is 2. The molecule has 158 valence electrons. The Bertz CT molecular complexity index is 1270. The average molecular weight is 449 g/mol. The molecule has 0 saturated heterocycles. The van der Waals surface area contributed by atoms with Crippen LogP contribution in [0.25, 0.3) is 22.2 Å². The highest BCUT2D eigenvalue weighted by molar-refractivity contribution is 6.30. The Morgan fingerprint density at radius 2 is 1.84 bits per heavy atom. The van der Waals surface area contributed by atoms with Gasteiger partial charge in [0.25, 0.3) is 0 Å². The molecule has 4 aromatic rings. The van der Waals surface area contributed by atoms with E-state index in [1.807, 2.05) is 6.07 Å². The molecule has 3 aromatic heterocycles. The number of carbonyl (C=O) groups is 1. The minimum Gasteiger partial charge on any atom is -0.330 e. The summed E-state index contributed by atoms with van der Waals surface area (Å²) in [5.74, 6) is -1.26. The third kappa shape index (κ3) is 4.66. The molecular formula is C21H13ClF4N4O. The molecule has 2 N–H and O–H groups in total. The number of alkyl halides is 3. The summed E-state index contributed by atoms with van der Waals surface area (Å²) in [6, 6.07) is 9.77. The number of benzene rings is 1. The first-order valence-electron chi connectivity index (χ1n) is 8.95. The van der Waals surface area contributed by atoms with E-state index in [9.17, 15) is 22.4 Å². The third-order valence-electron chi connectivity index (χ3n) is 4.53. The van der Waals surface area contributed by atoms with Gasteiger partial charge < -0.3 is 10.3 Å². The summed E-state index contributed by atoms with van der Waals surface area (Å²) in [7, 11) is 0. The van der Waals surface area contributed by atoms with Crippen molar-refractivity contribution < 1.29 is 22.4 Å². The van der Waals surface area contributed by atoms with Crippen molar-refractivity contribution in [3.05, 3.63) is 77.0 Å². The zero-order valence-electron chi connectivity index (χ0n) is 15.6. The van der Waals surface area contributed by atoms with Crippen LogP contribution in [0.1, 0.15) is 11.1 Å². The van der Waals surface area contributed by atoms with Crippen LogP contribution in [0.3, 0.4) is 0 Å². The molecule has 0 saturated carbocycles. The standard InChI is InChI=1S/C21H13ClF4N4O/c22-17-7-13-5-14(9-28-20(13)29-17)11-1-2-12(16(23)6-11)8-19(31)30-18-4-3-15(10-27-18)21(24,25)26/h1-7,9-10H,8H2,(H,28,29)(H,27,30,31). The Hall–Kier alpha value is -3.46. The van der Waals surface area contributed by atoms with E-state index in [4.69, 9.17) is 11.6 Å². The number of pyridine rings is 2. The highest BCUT2D eigenvalue weighted by Crippen LogP contribution is 2.29. The van der Waals surface area contributed by atoms with E-state index in [0.29, 0.717) is 28.1 Å². The highest BCUT2D eigenvalue weighted by atomic mass is 35.5. The van der Waals surface area contributed by atoms with Crippen LogP contribution in [0, 0.1) is 5.82 Å². The van der Waals surface area contributed by atoms with Gasteiger partial charge in [-0.1, -0.05) is 23.7 Å². The molecule has 0 unspecified atom stereocenters. The fourth-order valence-electron chi connectivity index (χ4n) is 3.01. The Kier molecular flexibility index (Phi) is 5.36. The quantitative estimate of drug-likeness (QED) is 0.398. The van der Waals surface area contributed by atoms with Crippen molar-refractivity contribution in [1.82, 2.24) is 15.0 Å². The lowest BCUT2D eigenvalue weighted by Crippen LogP contribution is -2.16. The first-order chi connectivity index (χ1) is 14.7.